The van der Waals surface area contributed by atoms with Crippen molar-refractivity contribution < 1.29 is 24.2 Å². The summed E-state index contributed by atoms with van der Waals surface area (Å²) < 4.78 is 6.72. The van der Waals surface area contributed by atoms with Crippen LogP contribution in [0.25, 0.3) is 0 Å². The molecule has 1 aromatic carbocycles. The molecule has 3 fully saturated rings. The topological polar surface area (TPSA) is 90.4 Å². The quantitative estimate of drug-likeness (QED) is 0.490. The number of anilines is 1. The van der Waals surface area contributed by atoms with Crippen LogP contribution in [0.2, 0.25) is 0 Å². The van der Waals surface area contributed by atoms with Crippen molar-refractivity contribution in [1.82, 2.24) is 9.80 Å². The van der Waals surface area contributed by atoms with Gasteiger partial charge in [0.15, 0.2) is 0 Å². The van der Waals surface area contributed by atoms with Crippen LogP contribution < -0.4 is 4.90 Å². The largest absolute Gasteiger partial charge is 0.394 e. The summed E-state index contributed by atoms with van der Waals surface area (Å²) in [5.41, 5.74) is -1.32. The van der Waals surface area contributed by atoms with E-state index in [1.165, 1.54) is 4.90 Å². The van der Waals surface area contributed by atoms with Crippen LogP contribution in [0.3, 0.4) is 0 Å². The first kappa shape index (κ1) is 27.1. The Kier molecular flexibility index (Phi) is 7.36. The van der Waals surface area contributed by atoms with Crippen molar-refractivity contribution in [2.75, 3.05) is 24.6 Å². The van der Waals surface area contributed by atoms with Crippen LogP contribution in [0.15, 0.2) is 55.6 Å². The number of nitrogens with zero attached hydrogens (tertiary/aromatic N) is 3. The van der Waals surface area contributed by atoms with Crippen LogP contribution in [0.1, 0.15) is 40.5 Å². The Morgan fingerprint density at radius 1 is 1.14 bits per heavy atom. The summed E-state index contributed by atoms with van der Waals surface area (Å²) >= 11 is 0. The molecule has 1 N–H and O–H groups in total. The van der Waals surface area contributed by atoms with E-state index in [2.05, 4.69) is 13.2 Å². The number of para-hydroxylation sites is 1. The zero-order valence-corrected chi connectivity index (χ0v) is 22.3. The van der Waals surface area contributed by atoms with E-state index in [0.717, 1.165) is 0 Å². The molecular weight excluding hydrogens is 470 g/mol. The van der Waals surface area contributed by atoms with E-state index in [0.29, 0.717) is 25.1 Å². The summed E-state index contributed by atoms with van der Waals surface area (Å²) in [6.45, 7) is 15.4. The minimum atomic E-state index is -1.14. The van der Waals surface area contributed by atoms with E-state index < -0.39 is 35.1 Å². The first-order valence-electron chi connectivity index (χ1n) is 13.1. The molecule has 2 bridgehead atoms. The number of ether oxygens (including phenoxy) is 1. The third-order valence-corrected chi connectivity index (χ3v) is 8.33. The molecule has 1 spiro atoms. The molecule has 3 aliphatic heterocycles. The number of benzene rings is 1. The van der Waals surface area contributed by atoms with Gasteiger partial charge in [-0.3, -0.25) is 14.4 Å². The van der Waals surface area contributed by atoms with Gasteiger partial charge in [0.05, 0.1) is 30.1 Å². The van der Waals surface area contributed by atoms with Crippen molar-refractivity contribution in [1.29, 1.82) is 0 Å². The van der Waals surface area contributed by atoms with Crippen molar-refractivity contribution >= 4 is 23.4 Å². The van der Waals surface area contributed by atoms with Crippen LogP contribution in [0.4, 0.5) is 5.69 Å². The number of aliphatic hydroxyl groups excluding tert-OH is 1. The Balaban J connectivity index is 1.82. The fourth-order valence-electron chi connectivity index (χ4n) is 6.66. The zero-order valence-electron chi connectivity index (χ0n) is 22.3. The van der Waals surface area contributed by atoms with Gasteiger partial charge in [-0.25, -0.2) is 0 Å². The van der Waals surface area contributed by atoms with E-state index in [9.17, 15) is 19.5 Å². The highest BCUT2D eigenvalue weighted by Gasteiger charge is 2.78. The minimum absolute atomic E-state index is 0.130. The zero-order chi connectivity index (χ0) is 27.1. The summed E-state index contributed by atoms with van der Waals surface area (Å²) in [7, 11) is 0. The molecule has 3 saturated heterocycles. The Morgan fingerprint density at radius 3 is 2.35 bits per heavy atom. The molecule has 8 nitrogen and oxygen atoms in total. The molecule has 37 heavy (non-hydrogen) atoms. The molecule has 200 valence electrons. The highest BCUT2D eigenvalue weighted by atomic mass is 16.5. The molecule has 8 heteroatoms. The van der Waals surface area contributed by atoms with Gasteiger partial charge < -0.3 is 24.5 Å². The van der Waals surface area contributed by atoms with E-state index >= 15 is 0 Å². The molecule has 1 aromatic rings. The number of likely N-dealkylation sites (tertiary alicyclic amines) is 1. The molecule has 6 atom stereocenters. The number of carbonyl (C=O) groups is 3. The van der Waals surface area contributed by atoms with Crippen molar-refractivity contribution in [2.24, 2.45) is 11.8 Å². The number of fused-ring (bicyclic) bond motifs is 1. The summed E-state index contributed by atoms with van der Waals surface area (Å²) in [4.78, 5) is 47.4. The number of amides is 3. The van der Waals surface area contributed by atoms with Crippen molar-refractivity contribution in [3.8, 4) is 0 Å². The van der Waals surface area contributed by atoms with Crippen LogP contribution in [-0.2, 0) is 19.1 Å². The second-order valence-corrected chi connectivity index (χ2v) is 11.0. The number of hydrogen-bond acceptors (Lipinski definition) is 5. The summed E-state index contributed by atoms with van der Waals surface area (Å²) in [6, 6.07) is 7.64. The lowest BCUT2D eigenvalue weighted by molar-refractivity contribution is -0.155. The number of aliphatic hydroxyl groups is 1. The fraction of sp³-hybridized carbons (Fsp3) is 0.552. The second-order valence-electron chi connectivity index (χ2n) is 11.0. The van der Waals surface area contributed by atoms with E-state index in [1.807, 2.05) is 51.1 Å². The van der Waals surface area contributed by atoms with Crippen LogP contribution in [-0.4, -0.2) is 81.7 Å². The Hall–Kier alpha value is -2.97. The van der Waals surface area contributed by atoms with Gasteiger partial charge in [0.2, 0.25) is 17.7 Å². The van der Waals surface area contributed by atoms with E-state index in [4.69, 9.17) is 4.74 Å². The maximum Gasteiger partial charge on any atom is 0.248 e. The van der Waals surface area contributed by atoms with Crippen LogP contribution >= 0.6 is 0 Å². The first-order chi connectivity index (χ1) is 17.6. The van der Waals surface area contributed by atoms with Gasteiger partial charge in [-0.2, -0.15) is 0 Å². The Morgan fingerprint density at radius 2 is 1.78 bits per heavy atom. The molecule has 0 radical (unpaired) electrons. The van der Waals surface area contributed by atoms with Gasteiger partial charge in [-0.05, 0) is 52.7 Å². The van der Waals surface area contributed by atoms with Gasteiger partial charge >= 0.3 is 0 Å². The molecule has 2 unspecified atom stereocenters. The van der Waals surface area contributed by atoms with Crippen molar-refractivity contribution in [3.63, 3.8) is 0 Å². The molecular formula is C29H39N3O5. The molecule has 4 rings (SSSR count). The van der Waals surface area contributed by atoms with E-state index in [-0.39, 0.29) is 36.9 Å². The van der Waals surface area contributed by atoms with Crippen LogP contribution in [0, 0.1) is 11.8 Å². The van der Waals surface area contributed by atoms with Gasteiger partial charge in [0.25, 0.3) is 0 Å². The van der Waals surface area contributed by atoms with Crippen LogP contribution in [0.5, 0.6) is 0 Å². The van der Waals surface area contributed by atoms with Gasteiger partial charge in [-0.15, -0.1) is 13.2 Å². The molecule has 3 heterocycles. The third kappa shape index (κ3) is 4.10. The van der Waals surface area contributed by atoms with Gasteiger partial charge in [0, 0.05) is 24.8 Å². The Labute approximate surface area is 219 Å². The second kappa shape index (κ2) is 10.1. The number of rotatable bonds is 10. The number of carbonyl (C=O) groups excluding carboxylic acids is 3. The molecule has 0 aliphatic carbocycles. The number of hydrogen-bond donors (Lipinski definition) is 1. The standard InChI is InChI=1S/C29H39N3O5/c1-7-16-30(19(3)4)27(36)24-29-15-14-28(6,37-29)22(23(29)26(35)32(24)20(5)18-33)25(34)31(17-8-2)21-12-10-9-11-13-21/h7-13,19-20,22-24,33H,1-2,14-18H2,3-6H3/t20-,22-,23+,24?,28+,29?/m1/s1. The van der Waals surface area contributed by atoms with Gasteiger partial charge in [-0.1, -0.05) is 30.4 Å². The normalized spacial score (nSPS) is 30.8. The summed E-state index contributed by atoms with van der Waals surface area (Å²) in [5.74, 6) is -2.36. The first-order valence-corrected chi connectivity index (χ1v) is 13.1. The smallest absolute Gasteiger partial charge is 0.248 e. The maximum absolute atomic E-state index is 14.3. The lowest BCUT2D eigenvalue weighted by Crippen LogP contribution is -2.59. The maximum atomic E-state index is 14.3. The average Bonchev–Trinajstić information content (AvgIpc) is 3.45. The van der Waals surface area contributed by atoms with E-state index in [1.54, 1.807) is 28.9 Å². The highest BCUT2D eigenvalue weighted by molar-refractivity contribution is 6.03. The minimum Gasteiger partial charge on any atom is -0.394 e. The van der Waals surface area contributed by atoms with Crippen molar-refractivity contribution in [2.45, 2.75) is 69.9 Å². The van der Waals surface area contributed by atoms with Gasteiger partial charge in [0.1, 0.15) is 11.6 Å². The average molecular weight is 510 g/mol. The fourth-order valence-corrected chi connectivity index (χ4v) is 6.66. The Bertz CT molecular complexity index is 1070. The molecule has 3 aliphatic rings. The lowest BCUT2D eigenvalue weighted by Gasteiger charge is -2.39. The van der Waals surface area contributed by atoms with Crippen molar-refractivity contribution in [3.05, 3.63) is 55.6 Å². The predicted molar refractivity (Wildman–Crippen MR) is 142 cm³/mol. The molecule has 0 saturated carbocycles. The molecule has 3 amide bonds. The lowest BCUT2D eigenvalue weighted by atomic mass is 9.66. The molecule has 0 aromatic heterocycles. The highest BCUT2D eigenvalue weighted by Crippen LogP contribution is 2.64. The monoisotopic (exact) mass is 509 g/mol. The summed E-state index contributed by atoms with van der Waals surface area (Å²) in [6.07, 6.45) is 4.37. The summed E-state index contributed by atoms with van der Waals surface area (Å²) in [5, 5.41) is 10.1. The SMILES string of the molecule is C=CCN(C(=O)[C@H]1[C@H]2C(=O)N([C@H](C)CO)C(C(=O)N(CC=C)C(C)C)C23CC[C@]1(C)O3)c1ccccc1. The third-order valence-electron chi connectivity index (χ3n) is 8.33. The predicted octanol–water partition coefficient (Wildman–Crippen LogP) is 2.77.